The van der Waals surface area contributed by atoms with Crippen LogP contribution in [-0.2, 0) is 6.54 Å². The Morgan fingerprint density at radius 2 is 1.91 bits per heavy atom. The van der Waals surface area contributed by atoms with Gasteiger partial charge in [0.15, 0.2) is 5.58 Å². The van der Waals surface area contributed by atoms with Crippen LogP contribution in [0.3, 0.4) is 0 Å². The molecule has 4 aromatic heterocycles. The fourth-order valence-corrected chi connectivity index (χ4v) is 4.10. The van der Waals surface area contributed by atoms with Crippen LogP contribution in [0.25, 0.3) is 33.4 Å². The Hall–Kier alpha value is -3.53. The molecule has 0 radical (unpaired) electrons. The number of hydrogen-bond acceptors (Lipinski definition) is 8. The minimum absolute atomic E-state index is 0. The molecule has 0 saturated carbocycles. The van der Waals surface area contributed by atoms with Crippen LogP contribution in [0.5, 0.6) is 0 Å². The first-order valence-electron chi connectivity index (χ1n) is 10.7. The van der Waals surface area contributed by atoms with Gasteiger partial charge >= 0.3 is 0 Å². The summed E-state index contributed by atoms with van der Waals surface area (Å²) in [6.45, 7) is 5.12. The second kappa shape index (κ2) is 9.14. The van der Waals surface area contributed by atoms with Crippen LogP contribution in [0.1, 0.15) is 5.56 Å². The van der Waals surface area contributed by atoms with Crippen molar-refractivity contribution in [3.05, 3.63) is 60.7 Å². The van der Waals surface area contributed by atoms with Gasteiger partial charge in [0.1, 0.15) is 23.4 Å². The molecule has 6 rings (SSSR count). The SMILES string of the molecule is Cl.c1cc(CN2CCNCC2)cc(Nc2nc3ccc(-c4ncnc5ccoc45)cc3[nH]2)n1. The molecule has 0 bridgehead atoms. The fourth-order valence-electron chi connectivity index (χ4n) is 4.10. The normalized spacial score (nSPS) is 14.4. The summed E-state index contributed by atoms with van der Waals surface area (Å²) in [5, 5.41) is 6.69. The summed E-state index contributed by atoms with van der Waals surface area (Å²) in [6.07, 6.45) is 5.02. The van der Waals surface area contributed by atoms with Gasteiger partial charge < -0.3 is 20.0 Å². The Morgan fingerprint density at radius 1 is 1.00 bits per heavy atom. The predicted octanol–water partition coefficient (Wildman–Crippen LogP) is 3.73. The number of benzene rings is 1. The number of fused-ring (bicyclic) bond motifs is 2. The van der Waals surface area contributed by atoms with E-state index < -0.39 is 0 Å². The molecule has 0 atom stereocenters. The van der Waals surface area contributed by atoms with Gasteiger partial charge in [-0.15, -0.1) is 12.4 Å². The van der Waals surface area contributed by atoms with Crippen molar-refractivity contribution < 1.29 is 4.42 Å². The van der Waals surface area contributed by atoms with E-state index >= 15 is 0 Å². The number of piperazine rings is 1. The monoisotopic (exact) mass is 462 g/mol. The van der Waals surface area contributed by atoms with Crippen molar-refractivity contribution in [1.82, 2.24) is 35.1 Å². The van der Waals surface area contributed by atoms with Gasteiger partial charge in [0.05, 0.1) is 17.3 Å². The third-order valence-corrected chi connectivity index (χ3v) is 5.69. The number of halogens is 1. The molecule has 1 aliphatic rings. The average molecular weight is 463 g/mol. The Kier molecular flexibility index (Phi) is 5.91. The third kappa shape index (κ3) is 4.38. The molecule has 0 spiro atoms. The van der Waals surface area contributed by atoms with Gasteiger partial charge in [0.2, 0.25) is 5.95 Å². The lowest BCUT2D eigenvalue weighted by Gasteiger charge is -2.27. The molecule has 33 heavy (non-hydrogen) atoms. The van der Waals surface area contributed by atoms with Gasteiger partial charge in [-0.25, -0.2) is 19.9 Å². The minimum atomic E-state index is 0. The van der Waals surface area contributed by atoms with Crippen molar-refractivity contribution in [1.29, 1.82) is 0 Å². The summed E-state index contributed by atoms with van der Waals surface area (Å²) in [6, 6.07) is 12.0. The number of furan rings is 1. The lowest BCUT2D eigenvalue weighted by Crippen LogP contribution is -2.42. The summed E-state index contributed by atoms with van der Waals surface area (Å²) in [4.78, 5) is 23.6. The topological polar surface area (TPSA) is 108 Å². The molecule has 0 aliphatic carbocycles. The van der Waals surface area contributed by atoms with Crippen molar-refractivity contribution in [2.75, 3.05) is 31.5 Å². The highest BCUT2D eigenvalue weighted by Gasteiger charge is 2.13. The molecule has 1 saturated heterocycles. The first kappa shape index (κ1) is 21.3. The highest BCUT2D eigenvalue weighted by atomic mass is 35.5. The zero-order chi connectivity index (χ0) is 21.3. The maximum atomic E-state index is 5.59. The number of anilines is 2. The highest BCUT2D eigenvalue weighted by Crippen LogP contribution is 2.28. The van der Waals surface area contributed by atoms with Gasteiger partial charge in [-0.3, -0.25) is 4.90 Å². The van der Waals surface area contributed by atoms with Crippen molar-refractivity contribution in [2.24, 2.45) is 0 Å². The number of H-pyrrole nitrogens is 1. The third-order valence-electron chi connectivity index (χ3n) is 5.69. The Labute approximate surface area is 196 Å². The van der Waals surface area contributed by atoms with Gasteiger partial charge in [-0.05, 0) is 29.8 Å². The second-order valence-corrected chi connectivity index (χ2v) is 7.88. The summed E-state index contributed by atoms with van der Waals surface area (Å²) in [7, 11) is 0. The molecular weight excluding hydrogens is 440 g/mol. The maximum Gasteiger partial charge on any atom is 0.206 e. The summed E-state index contributed by atoms with van der Waals surface area (Å²) in [5.74, 6) is 1.42. The largest absolute Gasteiger partial charge is 0.460 e. The van der Waals surface area contributed by atoms with Crippen LogP contribution in [0.4, 0.5) is 11.8 Å². The molecule has 5 aromatic rings. The molecule has 9 nitrogen and oxygen atoms in total. The molecule has 0 amide bonds. The fraction of sp³-hybridized carbons (Fsp3) is 0.217. The van der Waals surface area contributed by atoms with Crippen LogP contribution in [-0.4, -0.2) is 56.0 Å². The van der Waals surface area contributed by atoms with E-state index in [4.69, 9.17) is 4.42 Å². The van der Waals surface area contributed by atoms with E-state index in [0.717, 1.165) is 66.3 Å². The Bertz CT molecular complexity index is 1390. The summed E-state index contributed by atoms with van der Waals surface area (Å²) < 4.78 is 5.59. The first-order chi connectivity index (χ1) is 15.8. The first-order valence-corrected chi connectivity index (χ1v) is 10.7. The van der Waals surface area contributed by atoms with E-state index in [-0.39, 0.29) is 12.4 Å². The number of aromatic amines is 1. The highest BCUT2D eigenvalue weighted by molar-refractivity contribution is 5.91. The predicted molar refractivity (Wildman–Crippen MR) is 130 cm³/mol. The van der Waals surface area contributed by atoms with E-state index in [0.29, 0.717) is 11.5 Å². The molecule has 3 N–H and O–H groups in total. The number of nitrogens with one attached hydrogen (secondary N) is 3. The number of rotatable bonds is 5. The lowest BCUT2D eigenvalue weighted by molar-refractivity contribution is 0.233. The van der Waals surface area contributed by atoms with E-state index in [1.165, 1.54) is 5.56 Å². The maximum absolute atomic E-state index is 5.59. The van der Waals surface area contributed by atoms with Crippen LogP contribution in [0.15, 0.2) is 59.6 Å². The van der Waals surface area contributed by atoms with E-state index in [1.54, 1.807) is 12.6 Å². The number of hydrogen-bond donors (Lipinski definition) is 3. The van der Waals surface area contributed by atoms with Crippen LogP contribution in [0, 0.1) is 0 Å². The zero-order valence-corrected chi connectivity index (χ0v) is 18.6. The molecule has 1 aliphatic heterocycles. The van der Waals surface area contributed by atoms with Gasteiger partial charge in [0, 0.05) is 50.6 Å². The Morgan fingerprint density at radius 3 is 2.82 bits per heavy atom. The number of aromatic nitrogens is 5. The number of nitrogens with zero attached hydrogens (tertiary/aromatic N) is 5. The second-order valence-electron chi connectivity index (χ2n) is 7.88. The Balaban J connectivity index is 0.00000228. The summed E-state index contributed by atoms with van der Waals surface area (Å²) >= 11 is 0. The molecule has 1 fully saturated rings. The standard InChI is InChI=1S/C23H22N8O.ClH/c1-2-17-19(12-16(1)21-22-18(4-10-32-22)26-14-27-21)29-23(28-17)30-20-11-15(3-5-25-20)13-31-8-6-24-7-9-31;/h1-5,10-12,14,24H,6-9,13H2,(H2,25,28,29,30);1H. The smallest absolute Gasteiger partial charge is 0.206 e. The van der Waals surface area contributed by atoms with Crippen molar-refractivity contribution in [3.8, 4) is 11.3 Å². The van der Waals surface area contributed by atoms with Gasteiger partial charge in [-0.1, -0.05) is 6.07 Å². The van der Waals surface area contributed by atoms with Crippen molar-refractivity contribution in [2.45, 2.75) is 6.54 Å². The molecule has 0 unspecified atom stereocenters. The summed E-state index contributed by atoms with van der Waals surface area (Å²) in [5.41, 5.74) is 6.15. The minimum Gasteiger partial charge on any atom is -0.460 e. The zero-order valence-electron chi connectivity index (χ0n) is 17.8. The number of pyridine rings is 1. The van der Waals surface area contributed by atoms with Crippen molar-refractivity contribution >= 4 is 46.3 Å². The quantitative estimate of drug-likeness (QED) is 0.362. The molecule has 10 heteroatoms. The number of imidazole rings is 1. The van der Waals surface area contributed by atoms with Crippen LogP contribution >= 0.6 is 12.4 Å². The lowest BCUT2D eigenvalue weighted by atomic mass is 10.1. The molecule has 5 heterocycles. The molecular formula is C23H23ClN8O. The van der Waals surface area contributed by atoms with E-state index in [9.17, 15) is 0 Å². The van der Waals surface area contributed by atoms with Crippen molar-refractivity contribution in [3.63, 3.8) is 0 Å². The molecule has 1 aromatic carbocycles. The van der Waals surface area contributed by atoms with Crippen LogP contribution in [0.2, 0.25) is 0 Å². The average Bonchev–Trinajstić information content (AvgIpc) is 3.46. The van der Waals surface area contributed by atoms with E-state index in [1.807, 2.05) is 30.5 Å². The van der Waals surface area contributed by atoms with Gasteiger partial charge in [-0.2, -0.15) is 0 Å². The van der Waals surface area contributed by atoms with E-state index in [2.05, 4.69) is 52.6 Å². The molecule has 168 valence electrons. The van der Waals surface area contributed by atoms with Crippen LogP contribution < -0.4 is 10.6 Å². The van der Waals surface area contributed by atoms with Gasteiger partial charge in [0.25, 0.3) is 0 Å².